The van der Waals surface area contributed by atoms with E-state index in [1.54, 1.807) is 6.92 Å². The van der Waals surface area contributed by atoms with E-state index in [1.165, 1.54) is 0 Å². The van der Waals surface area contributed by atoms with Gasteiger partial charge in [0.05, 0.1) is 20.6 Å². The Morgan fingerprint density at radius 1 is 1.53 bits per heavy atom. The summed E-state index contributed by atoms with van der Waals surface area (Å²) in [6.07, 6.45) is 2.46. The molecule has 0 bridgehead atoms. The van der Waals surface area contributed by atoms with Gasteiger partial charge < -0.3 is 4.74 Å². The maximum absolute atomic E-state index is 11.4. The van der Waals surface area contributed by atoms with Gasteiger partial charge in [0.15, 0.2) is 0 Å². The number of carbonyl (C=O) groups is 1. The Morgan fingerprint density at radius 3 is 2.40 bits per heavy atom. The van der Waals surface area contributed by atoms with Gasteiger partial charge in [-0.25, -0.2) is 4.79 Å². The smallest absolute Gasteiger partial charge is 0.337 e. The second kappa shape index (κ2) is 5.71. The van der Waals surface area contributed by atoms with Crippen LogP contribution in [0.5, 0.6) is 0 Å². The fourth-order valence-electron chi connectivity index (χ4n) is 1.39. The van der Waals surface area contributed by atoms with Gasteiger partial charge in [-0.2, -0.15) is 0 Å². The van der Waals surface area contributed by atoms with E-state index in [0.717, 1.165) is 13.0 Å². The molecule has 0 heterocycles. The van der Waals surface area contributed by atoms with E-state index >= 15 is 0 Å². The van der Waals surface area contributed by atoms with Gasteiger partial charge in [-0.15, -0.1) is 0 Å². The number of carbonyl (C=O) groups excluding carboxylic acids is 1. The van der Waals surface area contributed by atoms with Crippen LogP contribution in [0.1, 0.15) is 20.3 Å². The van der Waals surface area contributed by atoms with Gasteiger partial charge in [0.2, 0.25) is 6.23 Å². The summed E-state index contributed by atoms with van der Waals surface area (Å²) in [4.78, 5) is 11.4. The molecule has 0 rings (SSSR count). The monoisotopic (exact) mass is 212 g/mol. The van der Waals surface area contributed by atoms with Crippen LogP contribution in [0, 0.1) is 0 Å². The molecule has 0 spiro atoms. The second-order valence-corrected chi connectivity index (χ2v) is 4.30. The average molecular weight is 212 g/mol. The van der Waals surface area contributed by atoms with Crippen LogP contribution in [0.4, 0.5) is 0 Å². The van der Waals surface area contributed by atoms with Crippen LogP contribution in [0.2, 0.25) is 0 Å². The fraction of sp³-hybridized carbons (Fsp3) is 0.583. The molecule has 0 saturated heterocycles. The molecule has 0 fully saturated rings. The molecule has 1 atom stereocenters. The van der Waals surface area contributed by atoms with Crippen molar-refractivity contribution < 1.29 is 14.0 Å². The van der Waals surface area contributed by atoms with Crippen LogP contribution in [0.15, 0.2) is 24.8 Å². The minimum atomic E-state index is -0.322. The summed E-state index contributed by atoms with van der Waals surface area (Å²) in [7, 11) is 4.03. The summed E-state index contributed by atoms with van der Waals surface area (Å²) in [6.45, 7) is 11.7. The van der Waals surface area contributed by atoms with Crippen molar-refractivity contribution in [3.8, 4) is 0 Å². The van der Waals surface area contributed by atoms with E-state index in [1.807, 2.05) is 27.1 Å². The molecular formula is C12H22NO2+. The van der Waals surface area contributed by atoms with Crippen molar-refractivity contribution in [3.63, 3.8) is 0 Å². The average Bonchev–Trinajstić information content (AvgIpc) is 2.12. The summed E-state index contributed by atoms with van der Waals surface area (Å²) >= 11 is 0. The zero-order valence-corrected chi connectivity index (χ0v) is 10.2. The van der Waals surface area contributed by atoms with E-state index < -0.39 is 0 Å². The molecule has 3 nitrogen and oxygen atoms in total. The molecule has 0 N–H and O–H groups in total. The van der Waals surface area contributed by atoms with Gasteiger partial charge in [0.1, 0.15) is 0 Å². The first-order chi connectivity index (χ1) is 6.85. The van der Waals surface area contributed by atoms with E-state index in [9.17, 15) is 4.79 Å². The SMILES string of the molecule is C=CC[N+](C)(C)C(CC)OC(=O)C(=C)C. The fourth-order valence-corrected chi connectivity index (χ4v) is 1.39. The lowest BCUT2D eigenvalue weighted by Gasteiger charge is -2.35. The van der Waals surface area contributed by atoms with Crippen LogP contribution in [0.25, 0.3) is 0 Å². The molecule has 3 heteroatoms. The first kappa shape index (κ1) is 13.9. The van der Waals surface area contributed by atoms with E-state index in [-0.39, 0.29) is 12.2 Å². The van der Waals surface area contributed by atoms with Crippen LogP contribution in [-0.2, 0) is 9.53 Å². The Kier molecular flexibility index (Phi) is 5.29. The number of hydrogen-bond donors (Lipinski definition) is 0. The molecule has 0 aromatic carbocycles. The summed E-state index contributed by atoms with van der Waals surface area (Å²) in [5, 5.41) is 0. The van der Waals surface area contributed by atoms with Crippen LogP contribution < -0.4 is 0 Å². The molecule has 86 valence electrons. The maximum Gasteiger partial charge on any atom is 0.337 e. The number of esters is 1. The number of likely N-dealkylation sites (N-methyl/N-ethyl adjacent to an activating group) is 1. The predicted molar refractivity (Wildman–Crippen MR) is 62.2 cm³/mol. The standard InChI is InChI=1S/C12H22NO2/c1-7-9-13(5,6)11(8-2)15-12(14)10(3)4/h7,11H,1,3,8-9H2,2,4-6H3/q+1. The highest BCUT2D eigenvalue weighted by atomic mass is 16.6. The molecule has 15 heavy (non-hydrogen) atoms. The highest BCUT2D eigenvalue weighted by Crippen LogP contribution is 2.13. The Labute approximate surface area is 92.6 Å². The van der Waals surface area contributed by atoms with Gasteiger partial charge in [0.25, 0.3) is 0 Å². The van der Waals surface area contributed by atoms with Crippen molar-refractivity contribution in [1.29, 1.82) is 0 Å². The number of nitrogens with zero attached hydrogens (tertiary/aromatic N) is 1. The molecule has 1 unspecified atom stereocenters. The molecule has 0 aliphatic heterocycles. The molecule has 0 saturated carbocycles. The molecule has 0 aromatic heterocycles. The third-order valence-corrected chi connectivity index (χ3v) is 2.32. The van der Waals surface area contributed by atoms with Crippen molar-refractivity contribution >= 4 is 5.97 Å². The van der Waals surface area contributed by atoms with E-state index in [2.05, 4.69) is 13.2 Å². The first-order valence-corrected chi connectivity index (χ1v) is 5.15. The van der Waals surface area contributed by atoms with Crippen molar-refractivity contribution in [1.82, 2.24) is 0 Å². The van der Waals surface area contributed by atoms with Crippen molar-refractivity contribution in [2.24, 2.45) is 0 Å². The largest absolute Gasteiger partial charge is 0.409 e. The van der Waals surface area contributed by atoms with Gasteiger partial charge in [-0.3, -0.25) is 4.48 Å². The minimum absolute atomic E-state index is 0.146. The quantitative estimate of drug-likeness (QED) is 0.222. The van der Waals surface area contributed by atoms with Crippen molar-refractivity contribution in [2.45, 2.75) is 26.5 Å². The first-order valence-electron chi connectivity index (χ1n) is 5.15. The second-order valence-electron chi connectivity index (χ2n) is 4.30. The predicted octanol–water partition coefficient (Wildman–Crippen LogP) is 2.10. The number of ether oxygens (including phenoxy) is 1. The maximum atomic E-state index is 11.4. The summed E-state index contributed by atoms with van der Waals surface area (Å²) < 4.78 is 5.96. The Bertz CT molecular complexity index is 256. The molecular weight excluding hydrogens is 190 g/mol. The number of rotatable bonds is 6. The van der Waals surface area contributed by atoms with Gasteiger partial charge in [-0.05, 0) is 13.0 Å². The number of quaternary nitrogens is 1. The summed E-state index contributed by atoms with van der Waals surface area (Å²) in [6, 6.07) is 0. The minimum Gasteiger partial charge on any atom is -0.409 e. The van der Waals surface area contributed by atoms with Crippen LogP contribution in [-0.4, -0.2) is 37.3 Å². The zero-order chi connectivity index (χ0) is 12.1. The lowest BCUT2D eigenvalue weighted by Crippen LogP contribution is -2.50. The normalized spacial score (nSPS) is 13.1. The molecule has 0 aliphatic carbocycles. The molecule has 0 aromatic rings. The van der Waals surface area contributed by atoms with E-state index in [4.69, 9.17) is 4.74 Å². The van der Waals surface area contributed by atoms with Gasteiger partial charge in [0, 0.05) is 12.0 Å². The van der Waals surface area contributed by atoms with Crippen molar-refractivity contribution in [2.75, 3.05) is 20.6 Å². The third-order valence-electron chi connectivity index (χ3n) is 2.32. The lowest BCUT2D eigenvalue weighted by molar-refractivity contribution is -0.929. The Hall–Kier alpha value is -1.09. The lowest BCUT2D eigenvalue weighted by atomic mass is 10.3. The number of hydrogen-bond acceptors (Lipinski definition) is 2. The molecule has 0 amide bonds. The molecule has 0 aliphatic rings. The third kappa shape index (κ3) is 4.30. The summed E-state index contributed by atoms with van der Waals surface area (Å²) in [5.74, 6) is -0.322. The highest BCUT2D eigenvalue weighted by Gasteiger charge is 2.28. The van der Waals surface area contributed by atoms with Gasteiger partial charge in [-0.1, -0.05) is 20.1 Å². The van der Waals surface area contributed by atoms with Crippen LogP contribution >= 0.6 is 0 Å². The Morgan fingerprint density at radius 2 is 2.07 bits per heavy atom. The summed E-state index contributed by atoms with van der Waals surface area (Å²) in [5.41, 5.74) is 0.437. The zero-order valence-electron chi connectivity index (χ0n) is 10.2. The highest BCUT2D eigenvalue weighted by molar-refractivity contribution is 5.86. The topological polar surface area (TPSA) is 26.3 Å². The van der Waals surface area contributed by atoms with E-state index in [0.29, 0.717) is 10.1 Å². The van der Waals surface area contributed by atoms with Crippen molar-refractivity contribution in [3.05, 3.63) is 24.8 Å². The Balaban J connectivity index is 4.55. The van der Waals surface area contributed by atoms with Crippen LogP contribution in [0.3, 0.4) is 0 Å². The van der Waals surface area contributed by atoms with Gasteiger partial charge >= 0.3 is 5.97 Å². The molecule has 0 radical (unpaired) electrons.